The van der Waals surface area contributed by atoms with Gasteiger partial charge in [0.2, 0.25) is 0 Å². The van der Waals surface area contributed by atoms with Gasteiger partial charge in [0.1, 0.15) is 0 Å². The van der Waals surface area contributed by atoms with E-state index >= 15 is 0 Å². The lowest BCUT2D eigenvalue weighted by Gasteiger charge is -2.39. The summed E-state index contributed by atoms with van der Waals surface area (Å²) in [6.07, 6.45) is 2.32. The van der Waals surface area contributed by atoms with Gasteiger partial charge in [-0.15, -0.1) is 0 Å². The fourth-order valence-corrected chi connectivity index (χ4v) is 2.66. The molecule has 1 aliphatic rings. The molecule has 18 heavy (non-hydrogen) atoms. The minimum atomic E-state index is -0.0407. The molecule has 0 bridgehead atoms. The van der Waals surface area contributed by atoms with E-state index in [0.29, 0.717) is 0 Å². The fourth-order valence-electron chi connectivity index (χ4n) is 2.66. The van der Waals surface area contributed by atoms with Gasteiger partial charge in [-0.3, -0.25) is 0 Å². The Morgan fingerprint density at radius 3 is 2.28 bits per heavy atom. The minimum Gasteiger partial charge on any atom is -0.370 e. The van der Waals surface area contributed by atoms with Gasteiger partial charge in [-0.25, -0.2) is 0 Å². The Labute approximate surface area is 111 Å². The molecule has 0 saturated carbocycles. The number of benzene rings is 1. The highest BCUT2D eigenvalue weighted by atomic mass is 15.2. The van der Waals surface area contributed by atoms with E-state index in [1.165, 1.54) is 17.7 Å². The van der Waals surface area contributed by atoms with Crippen LogP contribution >= 0.6 is 0 Å². The summed E-state index contributed by atoms with van der Waals surface area (Å²) in [5.74, 6) is 0. The van der Waals surface area contributed by atoms with Crippen molar-refractivity contribution >= 4 is 5.69 Å². The predicted molar refractivity (Wildman–Crippen MR) is 79.2 cm³/mol. The van der Waals surface area contributed by atoms with Crippen LogP contribution in [0.2, 0.25) is 0 Å². The van der Waals surface area contributed by atoms with Crippen LogP contribution in [0.3, 0.4) is 0 Å². The van der Waals surface area contributed by atoms with Gasteiger partial charge in [-0.05, 0) is 42.9 Å². The molecule has 1 atom stereocenters. The maximum absolute atomic E-state index is 6.26. The zero-order valence-corrected chi connectivity index (χ0v) is 12.2. The van der Waals surface area contributed by atoms with Gasteiger partial charge in [0.05, 0.1) is 0 Å². The second-order valence-corrected chi connectivity index (χ2v) is 6.98. The standard InChI is InChI=1S/C16H26N2/c1-15(2,3)13-6-8-14(9-7-13)18-11-5-10-16(4,17)12-18/h6-9H,5,10-12,17H2,1-4H3. The van der Waals surface area contributed by atoms with Crippen LogP contribution in [0, 0.1) is 0 Å². The molecule has 2 nitrogen and oxygen atoms in total. The third-order valence-electron chi connectivity index (χ3n) is 3.83. The molecule has 1 aromatic carbocycles. The number of anilines is 1. The molecule has 100 valence electrons. The summed E-state index contributed by atoms with van der Waals surface area (Å²) < 4.78 is 0. The minimum absolute atomic E-state index is 0.0407. The van der Waals surface area contributed by atoms with Crippen molar-refractivity contribution in [2.75, 3.05) is 18.0 Å². The maximum Gasteiger partial charge on any atom is 0.0367 e. The van der Waals surface area contributed by atoms with Crippen molar-refractivity contribution in [2.24, 2.45) is 5.73 Å². The van der Waals surface area contributed by atoms with Crippen LogP contribution in [0.1, 0.15) is 46.1 Å². The Balaban J connectivity index is 2.15. The molecule has 0 spiro atoms. The van der Waals surface area contributed by atoms with E-state index in [0.717, 1.165) is 19.5 Å². The van der Waals surface area contributed by atoms with E-state index < -0.39 is 0 Å². The smallest absolute Gasteiger partial charge is 0.0367 e. The first-order chi connectivity index (χ1) is 8.28. The molecular weight excluding hydrogens is 220 g/mol. The van der Waals surface area contributed by atoms with Crippen molar-refractivity contribution in [1.29, 1.82) is 0 Å². The van der Waals surface area contributed by atoms with Gasteiger partial charge in [-0.2, -0.15) is 0 Å². The number of nitrogens with zero attached hydrogens (tertiary/aromatic N) is 1. The van der Waals surface area contributed by atoms with Crippen LogP contribution in [-0.2, 0) is 5.41 Å². The van der Waals surface area contributed by atoms with Crippen molar-refractivity contribution in [2.45, 2.75) is 51.5 Å². The SMILES string of the molecule is CC1(N)CCCN(c2ccc(C(C)(C)C)cc2)C1. The average Bonchev–Trinajstić information content (AvgIpc) is 2.27. The van der Waals surface area contributed by atoms with Crippen molar-refractivity contribution < 1.29 is 0 Å². The van der Waals surface area contributed by atoms with Gasteiger partial charge in [-0.1, -0.05) is 32.9 Å². The van der Waals surface area contributed by atoms with Crippen LogP contribution < -0.4 is 10.6 Å². The Bertz CT molecular complexity index is 398. The maximum atomic E-state index is 6.26. The fraction of sp³-hybridized carbons (Fsp3) is 0.625. The summed E-state index contributed by atoms with van der Waals surface area (Å²) in [6.45, 7) is 11.0. The molecular formula is C16H26N2. The molecule has 0 radical (unpaired) electrons. The summed E-state index contributed by atoms with van der Waals surface area (Å²) in [6, 6.07) is 8.97. The molecule has 0 aliphatic carbocycles. The highest BCUT2D eigenvalue weighted by Crippen LogP contribution is 2.27. The van der Waals surface area contributed by atoms with E-state index in [2.05, 4.69) is 56.9 Å². The van der Waals surface area contributed by atoms with Crippen molar-refractivity contribution in [3.05, 3.63) is 29.8 Å². The molecule has 1 heterocycles. The highest BCUT2D eigenvalue weighted by molar-refractivity contribution is 5.49. The topological polar surface area (TPSA) is 29.3 Å². The van der Waals surface area contributed by atoms with Crippen LogP contribution in [0.25, 0.3) is 0 Å². The predicted octanol–water partition coefficient (Wildman–Crippen LogP) is 3.30. The Morgan fingerprint density at radius 2 is 1.78 bits per heavy atom. The van der Waals surface area contributed by atoms with Gasteiger partial charge >= 0.3 is 0 Å². The molecule has 2 heteroatoms. The van der Waals surface area contributed by atoms with Gasteiger partial charge in [0.15, 0.2) is 0 Å². The van der Waals surface area contributed by atoms with E-state index in [-0.39, 0.29) is 11.0 Å². The first-order valence-electron chi connectivity index (χ1n) is 6.92. The molecule has 1 aromatic rings. The third kappa shape index (κ3) is 3.05. The summed E-state index contributed by atoms with van der Waals surface area (Å²) in [5, 5.41) is 0. The molecule has 1 unspecified atom stereocenters. The average molecular weight is 246 g/mol. The van der Waals surface area contributed by atoms with E-state index in [1.807, 2.05) is 0 Å². The largest absolute Gasteiger partial charge is 0.370 e. The molecule has 0 amide bonds. The number of hydrogen-bond donors (Lipinski definition) is 1. The van der Waals surface area contributed by atoms with Crippen LogP contribution in [0.15, 0.2) is 24.3 Å². The Kier molecular flexibility index (Phi) is 3.41. The monoisotopic (exact) mass is 246 g/mol. The summed E-state index contributed by atoms with van der Waals surface area (Å²) >= 11 is 0. The molecule has 1 saturated heterocycles. The lowest BCUT2D eigenvalue weighted by atomic mass is 9.87. The quantitative estimate of drug-likeness (QED) is 0.824. The number of hydrogen-bond acceptors (Lipinski definition) is 2. The lowest BCUT2D eigenvalue weighted by Crippen LogP contribution is -2.52. The molecule has 1 aliphatic heterocycles. The molecule has 1 fully saturated rings. The second-order valence-electron chi connectivity index (χ2n) is 6.98. The molecule has 2 N–H and O–H groups in total. The van der Waals surface area contributed by atoms with Gasteiger partial charge in [0, 0.05) is 24.3 Å². The van der Waals surface area contributed by atoms with Crippen LogP contribution in [0.5, 0.6) is 0 Å². The summed E-state index contributed by atoms with van der Waals surface area (Å²) in [4.78, 5) is 2.41. The highest BCUT2D eigenvalue weighted by Gasteiger charge is 2.27. The Morgan fingerprint density at radius 1 is 1.17 bits per heavy atom. The normalized spacial score (nSPS) is 25.3. The van der Waals surface area contributed by atoms with Crippen LogP contribution in [-0.4, -0.2) is 18.6 Å². The van der Waals surface area contributed by atoms with Crippen molar-refractivity contribution in [3.8, 4) is 0 Å². The van der Waals surface area contributed by atoms with E-state index in [9.17, 15) is 0 Å². The van der Waals surface area contributed by atoms with E-state index in [4.69, 9.17) is 5.73 Å². The third-order valence-corrected chi connectivity index (χ3v) is 3.83. The zero-order valence-electron chi connectivity index (χ0n) is 12.2. The lowest BCUT2D eigenvalue weighted by molar-refractivity contribution is 0.375. The van der Waals surface area contributed by atoms with Crippen LogP contribution in [0.4, 0.5) is 5.69 Å². The molecule has 0 aromatic heterocycles. The van der Waals surface area contributed by atoms with Gasteiger partial charge in [0.25, 0.3) is 0 Å². The second kappa shape index (κ2) is 4.58. The zero-order chi connectivity index (χ0) is 13.4. The summed E-state index contributed by atoms with van der Waals surface area (Å²) in [5.41, 5.74) is 9.14. The first kappa shape index (κ1) is 13.4. The first-order valence-corrected chi connectivity index (χ1v) is 6.92. The summed E-state index contributed by atoms with van der Waals surface area (Å²) in [7, 11) is 0. The van der Waals surface area contributed by atoms with Gasteiger partial charge < -0.3 is 10.6 Å². The molecule has 2 rings (SSSR count). The van der Waals surface area contributed by atoms with Crippen molar-refractivity contribution in [3.63, 3.8) is 0 Å². The number of rotatable bonds is 1. The Hall–Kier alpha value is -1.02. The number of piperidine rings is 1. The van der Waals surface area contributed by atoms with E-state index in [1.54, 1.807) is 0 Å². The number of nitrogens with two attached hydrogens (primary N) is 1. The van der Waals surface area contributed by atoms with Crippen molar-refractivity contribution in [1.82, 2.24) is 0 Å².